The summed E-state index contributed by atoms with van der Waals surface area (Å²) in [5.41, 5.74) is 4.07. The number of benzene rings is 3. The average molecular weight is 431 g/mol. The van der Waals surface area contributed by atoms with Gasteiger partial charge in [0.25, 0.3) is 0 Å². The van der Waals surface area contributed by atoms with Crippen molar-refractivity contribution in [3.05, 3.63) is 88.9 Å². The van der Waals surface area contributed by atoms with Crippen LogP contribution in [0, 0.1) is 11.8 Å². The van der Waals surface area contributed by atoms with E-state index in [1.165, 1.54) is 5.56 Å². The minimum absolute atomic E-state index is 0.0167. The molecule has 0 saturated heterocycles. The molecule has 0 radical (unpaired) electrons. The predicted molar refractivity (Wildman–Crippen MR) is 121 cm³/mol. The summed E-state index contributed by atoms with van der Waals surface area (Å²) in [5, 5.41) is 0.729. The summed E-state index contributed by atoms with van der Waals surface area (Å²) in [6.45, 7) is 0. The summed E-state index contributed by atoms with van der Waals surface area (Å²) < 4.78 is 5.51. The van der Waals surface area contributed by atoms with E-state index in [2.05, 4.69) is 24.3 Å². The van der Waals surface area contributed by atoms with Crippen molar-refractivity contribution in [2.45, 2.75) is 31.6 Å². The van der Waals surface area contributed by atoms with Gasteiger partial charge < -0.3 is 4.74 Å². The van der Waals surface area contributed by atoms with Crippen molar-refractivity contribution in [3.8, 4) is 16.9 Å². The molecule has 4 heteroatoms. The van der Waals surface area contributed by atoms with Crippen LogP contribution >= 0.6 is 11.6 Å². The van der Waals surface area contributed by atoms with Gasteiger partial charge in [-0.3, -0.25) is 9.59 Å². The molecule has 156 valence electrons. The lowest BCUT2D eigenvalue weighted by Gasteiger charge is -2.35. The second-order valence-electron chi connectivity index (χ2n) is 8.51. The number of ether oxygens (including phenoxy) is 1. The molecular weight excluding hydrogens is 408 g/mol. The van der Waals surface area contributed by atoms with Crippen molar-refractivity contribution in [2.75, 3.05) is 0 Å². The van der Waals surface area contributed by atoms with Gasteiger partial charge in [0.2, 0.25) is 0 Å². The molecule has 1 heterocycles. The molecule has 0 spiro atoms. The van der Waals surface area contributed by atoms with E-state index in [4.69, 9.17) is 16.3 Å². The van der Waals surface area contributed by atoms with Crippen LogP contribution in [0.1, 0.15) is 47.5 Å². The first-order valence-electron chi connectivity index (χ1n) is 10.8. The number of carbonyl (C=O) groups is 2. The lowest BCUT2D eigenvalue weighted by Crippen LogP contribution is -2.40. The SMILES string of the molecule is O=C1Oc2ccccc2C(=O)C1C1CCCC(c2ccc(-c3ccc(Cl)cc3)cc2)C1. The molecule has 2 aliphatic rings. The Morgan fingerprint density at radius 2 is 1.48 bits per heavy atom. The number of hydrogen-bond acceptors (Lipinski definition) is 3. The Bertz CT molecular complexity index is 1120. The van der Waals surface area contributed by atoms with Crippen LogP contribution < -0.4 is 4.74 Å². The molecule has 3 atom stereocenters. The molecular formula is C27H23ClO3. The number of fused-ring (bicyclic) bond motifs is 1. The molecule has 3 aromatic carbocycles. The lowest BCUT2D eigenvalue weighted by molar-refractivity contribution is -0.140. The number of halogens is 1. The van der Waals surface area contributed by atoms with Crippen LogP contribution in [-0.4, -0.2) is 11.8 Å². The van der Waals surface area contributed by atoms with E-state index >= 15 is 0 Å². The maximum atomic E-state index is 13.1. The fourth-order valence-electron chi connectivity index (χ4n) is 5.04. The van der Waals surface area contributed by atoms with Crippen molar-refractivity contribution < 1.29 is 14.3 Å². The van der Waals surface area contributed by atoms with Crippen molar-refractivity contribution >= 4 is 23.4 Å². The van der Waals surface area contributed by atoms with Crippen molar-refractivity contribution in [2.24, 2.45) is 11.8 Å². The third kappa shape index (κ3) is 3.90. The van der Waals surface area contributed by atoms with Gasteiger partial charge in [0.15, 0.2) is 5.78 Å². The van der Waals surface area contributed by atoms with E-state index in [-0.39, 0.29) is 11.7 Å². The second-order valence-corrected chi connectivity index (χ2v) is 8.95. The Kier molecular flexibility index (Phi) is 5.37. The summed E-state index contributed by atoms with van der Waals surface area (Å²) in [4.78, 5) is 25.8. The fourth-order valence-corrected chi connectivity index (χ4v) is 5.16. The maximum absolute atomic E-state index is 13.1. The minimum Gasteiger partial charge on any atom is -0.425 e. The maximum Gasteiger partial charge on any atom is 0.322 e. The van der Waals surface area contributed by atoms with E-state index in [1.54, 1.807) is 18.2 Å². The Morgan fingerprint density at radius 3 is 2.23 bits per heavy atom. The van der Waals surface area contributed by atoms with Crippen LogP contribution in [0.3, 0.4) is 0 Å². The van der Waals surface area contributed by atoms with Crippen LogP contribution in [0.4, 0.5) is 0 Å². The highest BCUT2D eigenvalue weighted by Gasteiger charge is 2.43. The highest BCUT2D eigenvalue weighted by atomic mass is 35.5. The number of hydrogen-bond donors (Lipinski definition) is 0. The van der Waals surface area contributed by atoms with Crippen LogP contribution in [0.25, 0.3) is 11.1 Å². The Morgan fingerprint density at radius 1 is 0.806 bits per heavy atom. The van der Waals surface area contributed by atoms with Crippen molar-refractivity contribution in [3.63, 3.8) is 0 Å². The van der Waals surface area contributed by atoms with Gasteiger partial charge in [-0.15, -0.1) is 0 Å². The smallest absolute Gasteiger partial charge is 0.322 e. The fraction of sp³-hybridized carbons (Fsp3) is 0.259. The van der Waals surface area contributed by atoms with Gasteiger partial charge in [0.1, 0.15) is 11.7 Å². The highest BCUT2D eigenvalue weighted by molar-refractivity contribution is 6.30. The largest absolute Gasteiger partial charge is 0.425 e. The Labute approximate surface area is 187 Å². The zero-order valence-corrected chi connectivity index (χ0v) is 17.8. The van der Waals surface area contributed by atoms with E-state index in [0.29, 0.717) is 17.2 Å². The molecule has 1 aliphatic carbocycles. The third-order valence-electron chi connectivity index (χ3n) is 6.65. The summed E-state index contributed by atoms with van der Waals surface area (Å²) >= 11 is 6.00. The van der Waals surface area contributed by atoms with Gasteiger partial charge >= 0.3 is 5.97 Å². The molecule has 1 saturated carbocycles. The summed E-state index contributed by atoms with van der Waals surface area (Å²) in [5.74, 6) is -0.424. The van der Waals surface area contributed by atoms with Crippen LogP contribution in [-0.2, 0) is 4.79 Å². The van der Waals surface area contributed by atoms with Gasteiger partial charge in [-0.05, 0) is 72.1 Å². The zero-order valence-electron chi connectivity index (χ0n) is 17.1. The first-order valence-corrected chi connectivity index (χ1v) is 11.2. The third-order valence-corrected chi connectivity index (χ3v) is 6.90. The van der Waals surface area contributed by atoms with E-state index in [9.17, 15) is 9.59 Å². The zero-order chi connectivity index (χ0) is 21.4. The molecule has 0 aromatic heterocycles. The van der Waals surface area contributed by atoms with Crippen LogP contribution in [0.15, 0.2) is 72.8 Å². The standard InChI is InChI=1S/C27H23ClO3/c28-22-14-12-18(13-15-22)17-8-10-19(11-9-17)20-4-3-5-21(16-20)25-26(29)23-6-1-2-7-24(23)31-27(25)30/h1-2,6-15,20-21,25H,3-5,16H2. The number of Topliss-reactive ketones (excluding diaryl/α,β-unsaturated/α-hetero) is 1. The number of ketones is 1. The lowest BCUT2D eigenvalue weighted by atomic mass is 9.70. The van der Waals surface area contributed by atoms with Crippen LogP contribution in [0.2, 0.25) is 5.02 Å². The summed E-state index contributed by atoms with van der Waals surface area (Å²) in [6.07, 6.45) is 3.79. The molecule has 1 aliphatic heterocycles. The number of carbonyl (C=O) groups excluding carboxylic acids is 2. The summed E-state index contributed by atoms with van der Waals surface area (Å²) in [6, 6.07) is 23.5. The molecule has 3 unspecified atom stereocenters. The van der Waals surface area contributed by atoms with E-state index in [1.807, 2.05) is 30.3 Å². The minimum atomic E-state index is -0.689. The molecule has 31 heavy (non-hydrogen) atoms. The quantitative estimate of drug-likeness (QED) is 0.264. The Balaban J connectivity index is 1.34. The number of para-hydroxylation sites is 1. The van der Waals surface area contributed by atoms with Gasteiger partial charge in [-0.2, -0.15) is 0 Å². The number of esters is 1. The molecule has 0 bridgehead atoms. The monoisotopic (exact) mass is 430 g/mol. The highest BCUT2D eigenvalue weighted by Crippen LogP contribution is 2.43. The normalized spacial score (nSPS) is 23.2. The Hall–Kier alpha value is -2.91. The molecule has 0 amide bonds. The van der Waals surface area contributed by atoms with Crippen molar-refractivity contribution in [1.82, 2.24) is 0 Å². The molecule has 0 N–H and O–H groups in total. The van der Waals surface area contributed by atoms with E-state index < -0.39 is 11.9 Å². The molecule has 3 nitrogen and oxygen atoms in total. The first kappa shape index (κ1) is 20.0. The van der Waals surface area contributed by atoms with Gasteiger partial charge in [0.05, 0.1) is 5.56 Å². The van der Waals surface area contributed by atoms with E-state index in [0.717, 1.165) is 41.8 Å². The van der Waals surface area contributed by atoms with Gasteiger partial charge in [0, 0.05) is 5.02 Å². The molecule has 3 aromatic rings. The van der Waals surface area contributed by atoms with Crippen LogP contribution in [0.5, 0.6) is 5.75 Å². The topological polar surface area (TPSA) is 43.4 Å². The average Bonchev–Trinajstić information content (AvgIpc) is 2.80. The van der Waals surface area contributed by atoms with Crippen molar-refractivity contribution in [1.29, 1.82) is 0 Å². The number of rotatable bonds is 3. The molecule has 5 rings (SSSR count). The summed E-state index contributed by atoms with van der Waals surface area (Å²) in [7, 11) is 0. The van der Waals surface area contributed by atoms with Gasteiger partial charge in [-0.1, -0.05) is 66.6 Å². The second kappa shape index (κ2) is 8.32. The predicted octanol–water partition coefficient (Wildman–Crippen LogP) is 6.70. The van der Waals surface area contributed by atoms with Gasteiger partial charge in [-0.25, -0.2) is 0 Å². The molecule has 1 fully saturated rings. The first-order chi connectivity index (χ1) is 15.1.